The summed E-state index contributed by atoms with van der Waals surface area (Å²) in [6.45, 7) is 6.54. The second-order valence-electron chi connectivity index (χ2n) is 5.92. The molecule has 2 unspecified atom stereocenters. The van der Waals surface area contributed by atoms with E-state index in [1.807, 2.05) is 19.9 Å². The summed E-state index contributed by atoms with van der Waals surface area (Å²) in [5, 5.41) is 9.44. The van der Waals surface area contributed by atoms with Gasteiger partial charge in [-0.1, -0.05) is 19.9 Å². The van der Waals surface area contributed by atoms with Gasteiger partial charge in [-0.25, -0.2) is 8.42 Å². The monoisotopic (exact) mass is 311 g/mol. The van der Waals surface area contributed by atoms with Crippen LogP contribution >= 0.6 is 0 Å². The van der Waals surface area contributed by atoms with Gasteiger partial charge in [0.1, 0.15) is 0 Å². The summed E-state index contributed by atoms with van der Waals surface area (Å²) in [6, 6.07) is 5.13. The lowest BCUT2D eigenvalue weighted by Gasteiger charge is -2.36. The van der Waals surface area contributed by atoms with Crippen molar-refractivity contribution in [2.45, 2.75) is 57.6 Å². The fraction of sp³-hybridized carbons (Fsp3) is 0.625. The number of aliphatic hydroxyl groups excluding tert-OH is 1. The highest BCUT2D eigenvalue weighted by Gasteiger charge is 2.34. The van der Waals surface area contributed by atoms with Crippen molar-refractivity contribution in [3.8, 4) is 0 Å². The zero-order valence-corrected chi connectivity index (χ0v) is 13.9. The Balaban J connectivity index is 2.39. The van der Waals surface area contributed by atoms with E-state index in [4.69, 9.17) is 0 Å². The molecule has 1 aliphatic heterocycles. The maximum absolute atomic E-state index is 12.9. The SMILES string of the molecule is CCc1ccc(S(=O)(=O)N2CCCC(C)C2C)cc1CO. The first-order valence-corrected chi connectivity index (χ1v) is 9.10. The van der Waals surface area contributed by atoms with Gasteiger partial charge in [0.2, 0.25) is 10.0 Å². The topological polar surface area (TPSA) is 57.6 Å². The van der Waals surface area contributed by atoms with E-state index >= 15 is 0 Å². The molecule has 0 bridgehead atoms. The fourth-order valence-electron chi connectivity index (χ4n) is 3.03. The van der Waals surface area contributed by atoms with E-state index in [1.54, 1.807) is 16.4 Å². The first-order chi connectivity index (χ1) is 9.91. The number of benzene rings is 1. The molecule has 1 aromatic carbocycles. The Labute approximate surface area is 127 Å². The van der Waals surface area contributed by atoms with E-state index in [9.17, 15) is 13.5 Å². The summed E-state index contributed by atoms with van der Waals surface area (Å²) in [4.78, 5) is 0.296. The molecule has 0 spiro atoms. The van der Waals surface area contributed by atoms with Crippen molar-refractivity contribution in [1.29, 1.82) is 0 Å². The summed E-state index contributed by atoms with van der Waals surface area (Å²) in [5.74, 6) is 0.376. The molecule has 0 aromatic heterocycles. The Morgan fingerprint density at radius 1 is 1.29 bits per heavy atom. The molecule has 1 fully saturated rings. The van der Waals surface area contributed by atoms with Gasteiger partial charge in [0.15, 0.2) is 0 Å². The predicted octanol–water partition coefficient (Wildman–Crippen LogP) is 2.55. The average Bonchev–Trinajstić information content (AvgIpc) is 2.49. The van der Waals surface area contributed by atoms with Gasteiger partial charge in [0.05, 0.1) is 11.5 Å². The Morgan fingerprint density at radius 2 is 2.00 bits per heavy atom. The second-order valence-corrected chi connectivity index (χ2v) is 7.81. The lowest BCUT2D eigenvalue weighted by atomic mass is 9.94. The zero-order valence-electron chi connectivity index (χ0n) is 13.0. The van der Waals surface area contributed by atoms with Gasteiger partial charge in [0, 0.05) is 12.6 Å². The van der Waals surface area contributed by atoms with E-state index in [2.05, 4.69) is 6.92 Å². The summed E-state index contributed by atoms with van der Waals surface area (Å²) < 4.78 is 27.3. The van der Waals surface area contributed by atoms with Crippen LogP contribution in [0.4, 0.5) is 0 Å². The number of nitrogens with zero attached hydrogens (tertiary/aromatic N) is 1. The van der Waals surface area contributed by atoms with E-state index in [-0.39, 0.29) is 12.6 Å². The molecule has 0 aliphatic carbocycles. The van der Waals surface area contributed by atoms with Crippen LogP contribution in [0, 0.1) is 5.92 Å². The Kier molecular flexibility index (Phi) is 5.07. The van der Waals surface area contributed by atoms with E-state index < -0.39 is 10.0 Å². The van der Waals surface area contributed by atoms with Crippen molar-refractivity contribution in [1.82, 2.24) is 4.31 Å². The summed E-state index contributed by atoms with van der Waals surface area (Å²) >= 11 is 0. The highest BCUT2D eigenvalue weighted by Crippen LogP contribution is 2.29. The fourth-order valence-corrected chi connectivity index (χ4v) is 4.84. The lowest BCUT2D eigenvalue weighted by molar-refractivity contribution is 0.202. The van der Waals surface area contributed by atoms with Crippen molar-refractivity contribution < 1.29 is 13.5 Å². The van der Waals surface area contributed by atoms with Crippen molar-refractivity contribution in [2.24, 2.45) is 5.92 Å². The smallest absolute Gasteiger partial charge is 0.243 e. The molecule has 2 rings (SSSR count). The number of rotatable bonds is 4. The molecule has 1 aliphatic rings. The van der Waals surface area contributed by atoms with Crippen molar-refractivity contribution in [3.63, 3.8) is 0 Å². The Hall–Kier alpha value is -0.910. The number of hydrogen-bond donors (Lipinski definition) is 1. The van der Waals surface area contributed by atoms with Crippen LogP contribution in [0.2, 0.25) is 0 Å². The highest BCUT2D eigenvalue weighted by atomic mass is 32.2. The van der Waals surface area contributed by atoms with Crippen molar-refractivity contribution in [3.05, 3.63) is 29.3 Å². The van der Waals surface area contributed by atoms with Gasteiger partial charge in [-0.3, -0.25) is 0 Å². The maximum atomic E-state index is 12.9. The van der Waals surface area contributed by atoms with Crippen LogP contribution in [0.1, 0.15) is 44.7 Å². The molecule has 0 amide bonds. The highest BCUT2D eigenvalue weighted by molar-refractivity contribution is 7.89. The number of aliphatic hydroxyl groups is 1. The minimum absolute atomic E-state index is 0.0205. The Morgan fingerprint density at radius 3 is 2.62 bits per heavy atom. The molecular weight excluding hydrogens is 286 g/mol. The third-order valence-electron chi connectivity index (χ3n) is 4.65. The standard InChI is InChI=1S/C16H25NO3S/c1-4-14-7-8-16(10-15(14)11-18)21(19,20)17-9-5-6-12(2)13(17)3/h7-8,10,12-13,18H,4-6,9,11H2,1-3H3. The third-order valence-corrected chi connectivity index (χ3v) is 6.63. The normalized spacial score (nSPS) is 24.2. The number of sulfonamides is 1. The minimum atomic E-state index is -3.48. The van der Waals surface area contributed by atoms with Gasteiger partial charge >= 0.3 is 0 Å². The molecule has 1 N–H and O–H groups in total. The van der Waals surface area contributed by atoms with Gasteiger partial charge in [0.25, 0.3) is 0 Å². The summed E-state index contributed by atoms with van der Waals surface area (Å²) in [6.07, 6.45) is 2.77. The molecule has 0 saturated carbocycles. The summed E-state index contributed by atoms with van der Waals surface area (Å²) in [5.41, 5.74) is 1.70. The largest absolute Gasteiger partial charge is 0.392 e. The molecule has 2 atom stereocenters. The second kappa shape index (κ2) is 6.46. The molecule has 1 saturated heterocycles. The summed E-state index contributed by atoms with van der Waals surface area (Å²) in [7, 11) is -3.48. The quantitative estimate of drug-likeness (QED) is 0.929. The van der Waals surface area contributed by atoms with E-state index in [1.165, 1.54) is 0 Å². The van der Waals surface area contributed by atoms with Gasteiger partial charge < -0.3 is 5.11 Å². The predicted molar refractivity (Wildman–Crippen MR) is 83.5 cm³/mol. The molecule has 21 heavy (non-hydrogen) atoms. The van der Waals surface area contributed by atoms with Crippen LogP contribution in [-0.2, 0) is 23.1 Å². The zero-order chi connectivity index (χ0) is 15.6. The molecule has 1 aromatic rings. The van der Waals surface area contributed by atoms with E-state index in [0.717, 1.165) is 24.8 Å². The van der Waals surface area contributed by atoms with Crippen LogP contribution in [0.3, 0.4) is 0 Å². The van der Waals surface area contributed by atoms with Crippen LogP contribution in [-0.4, -0.2) is 30.4 Å². The first-order valence-electron chi connectivity index (χ1n) is 7.66. The van der Waals surface area contributed by atoms with Crippen LogP contribution < -0.4 is 0 Å². The molecule has 118 valence electrons. The lowest BCUT2D eigenvalue weighted by Crippen LogP contribution is -2.45. The maximum Gasteiger partial charge on any atom is 0.243 e. The van der Waals surface area contributed by atoms with Crippen LogP contribution in [0.5, 0.6) is 0 Å². The van der Waals surface area contributed by atoms with Gasteiger partial charge in [-0.15, -0.1) is 0 Å². The average molecular weight is 311 g/mol. The molecule has 4 nitrogen and oxygen atoms in total. The first kappa shape index (κ1) is 16.5. The molecule has 1 heterocycles. The number of piperidine rings is 1. The minimum Gasteiger partial charge on any atom is -0.392 e. The van der Waals surface area contributed by atoms with Crippen molar-refractivity contribution in [2.75, 3.05) is 6.54 Å². The number of hydrogen-bond acceptors (Lipinski definition) is 3. The van der Waals surface area contributed by atoms with E-state index in [0.29, 0.717) is 22.9 Å². The van der Waals surface area contributed by atoms with Crippen LogP contribution in [0.25, 0.3) is 0 Å². The Bertz CT molecular complexity index is 598. The van der Waals surface area contributed by atoms with Gasteiger partial charge in [-0.05, 0) is 55.4 Å². The van der Waals surface area contributed by atoms with Crippen molar-refractivity contribution >= 4 is 10.0 Å². The number of aryl methyl sites for hydroxylation is 1. The molecule has 0 radical (unpaired) electrons. The third kappa shape index (κ3) is 3.15. The van der Waals surface area contributed by atoms with Crippen LogP contribution in [0.15, 0.2) is 23.1 Å². The molecular formula is C16H25NO3S. The molecule has 5 heteroatoms. The van der Waals surface area contributed by atoms with Gasteiger partial charge in [-0.2, -0.15) is 4.31 Å².